The summed E-state index contributed by atoms with van der Waals surface area (Å²) in [6, 6.07) is 0.324. The summed E-state index contributed by atoms with van der Waals surface area (Å²) in [5.74, 6) is -0.0207. The Morgan fingerprint density at radius 3 is 2.80 bits per heavy atom. The number of nitrogens with one attached hydrogen (secondary N) is 3. The van der Waals surface area contributed by atoms with Gasteiger partial charge in [0.15, 0.2) is 0 Å². The quantitative estimate of drug-likeness (QED) is 0.570. The van der Waals surface area contributed by atoms with Crippen LogP contribution in [0.1, 0.15) is 25.7 Å². The zero-order valence-electron chi connectivity index (χ0n) is 9.14. The van der Waals surface area contributed by atoms with Crippen molar-refractivity contribution >= 4 is 11.8 Å². The van der Waals surface area contributed by atoms with Crippen LogP contribution in [0, 0.1) is 0 Å². The van der Waals surface area contributed by atoms with Gasteiger partial charge in [-0.2, -0.15) is 0 Å². The molecule has 1 aliphatic heterocycles. The van der Waals surface area contributed by atoms with Gasteiger partial charge >= 0.3 is 0 Å². The van der Waals surface area contributed by atoms with Crippen LogP contribution in [0.3, 0.4) is 0 Å². The first kappa shape index (κ1) is 12.0. The van der Waals surface area contributed by atoms with E-state index in [9.17, 15) is 9.59 Å². The van der Waals surface area contributed by atoms with Crippen molar-refractivity contribution in [2.45, 2.75) is 31.7 Å². The first-order chi connectivity index (χ1) is 7.22. The molecule has 0 spiro atoms. The smallest absolute Gasteiger partial charge is 0.221 e. The van der Waals surface area contributed by atoms with Crippen LogP contribution in [-0.2, 0) is 9.59 Å². The fourth-order valence-corrected chi connectivity index (χ4v) is 1.67. The van der Waals surface area contributed by atoms with Crippen LogP contribution in [0.5, 0.6) is 0 Å². The van der Waals surface area contributed by atoms with Crippen molar-refractivity contribution < 1.29 is 9.59 Å². The van der Waals surface area contributed by atoms with Gasteiger partial charge in [-0.3, -0.25) is 9.59 Å². The van der Waals surface area contributed by atoms with E-state index in [-0.39, 0.29) is 11.8 Å². The maximum absolute atomic E-state index is 11.4. The molecule has 15 heavy (non-hydrogen) atoms. The summed E-state index contributed by atoms with van der Waals surface area (Å²) in [6.45, 7) is 1.43. The van der Waals surface area contributed by atoms with Crippen LogP contribution < -0.4 is 16.0 Å². The van der Waals surface area contributed by atoms with Crippen LogP contribution in [0.15, 0.2) is 0 Å². The summed E-state index contributed by atoms with van der Waals surface area (Å²) in [5.41, 5.74) is 0. The lowest BCUT2D eigenvalue weighted by Gasteiger charge is -2.09. The molecule has 1 unspecified atom stereocenters. The largest absolute Gasteiger partial charge is 0.359 e. The van der Waals surface area contributed by atoms with Crippen LogP contribution in [-0.4, -0.2) is 38.0 Å². The van der Waals surface area contributed by atoms with Crippen molar-refractivity contribution in [3.63, 3.8) is 0 Å². The molecular formula is C10H19N3O2. The van der Waals surface area contributed by atoms with Crippen molar-refractivity contribution in [2.24, 2.45) is 0 Å². The van der Waals surface area contributed by atoms with Crippen molar-refractivity contribution in [2.75, 3.05) is 20.1 Å². The summed E-state index contributed by atoms with van der Waals surface area (Å²) in [5, 5.41) is 8.50. The van der Waals surface area contributed by atoms with Gasteiger partial charge < -0.3 is 16.0 Å². The van der Waals surface area contributed by atoms with Crippen LogP contribution in [0.4, 0.5) is 0 Å². The molecular weight excluding hydrogens is 194 g/mol. The molecule has 0 aromatic carbocycles. The van der Waals surface area contributed by atoms with Gasteiger partial charge in [-0.25, -0.2) is 0 Å². The summed E-state index contributed by atoms with van der Waals surface area (Å²) >= 11 is 0. The molecule has 0 aliphatic carbocycles. The molecule has 0 saturated carbocycles. The molecule has 3 N–H and O–H groups in total. The third-order valence-electron chi connectivity index (χ3n) is 2.55. The van der Waals surface area contributed by atoms with Crippen molar-refractivity contribution in [1.29, 1.82) is 0 Å². The maximum Gasteiger partial charge on any atom is 0.221 e. The predicted molar refractivity (Wildman–Crippen MR) is 57.3 cm³/mol. The number of carbonyl (C=O) groups excluding carboxylic acids is 2. The van der Waals surface area contributed by atoms with Gasteiger partial charge in [-0.15, -0.1) is 0 Å². The fourth-order valence-electron chi connectivity index (χ4n) is 1.67. The molecule has 1 saturated heterocycles. The van der Waals surface area contributed by atoms with E-state index in [1.54, 1.807) is 7.05 Å². The average Bonchev–Trinajstić information content (AvgIpc) is 2.70. The van der Waals surface area contributed by atoms with Gasteiger partial charge in [0, 0.05) is 32.5 Å². The monoisotopic (exact) mass is 213 g/mol. The van der Waals surface area contributed by atoms with Crippen molar-refractivity contribution in [3.8, 4) is 0 Å². The van der Waals surface area contributed by atoms with E-state index in [1.165, 1.54) is 0 Å². The van der Waals surface area contributed by atoms with Crippen molar-refractivity contribution in [3.05, 3.63) is 0 Å². The minimum absolute atomic E-state index is 0.0262. The lowest BCUT2D eigenvalue weighted by molar-refractivity contribution is -0.122. The predicted octanol–water partition coefficient (Wildman–Crippen LogP) is -0.619. The van der Waals surface area contributed by atoms with Gasteiger partial charge in [-0.05, 0) is 19.4 Å². The van der Waals surface area contributed by atoms with Crippen LogP contribution in [0.25, 0.3) is 0 Å². The zero-order chi connectivity index (χ0) is 11.1. The van der Waals surface area contributed by atoms with Gasteiger partial charge in [0.25, 0.3) is 0 Å². The third-order valence-corrected chi connectivity index (χ3v) is 2.55. The fraction of sp³-hybridized carbons (Fsp3) is 0.800. The number of carbonyl (C=O) groups is 2. The second kappa shape index (κ2) is 6.40. The van der Waals surface area contributed by atoms with Gasteiger partial charge in [-0.1, -0.05) is 0 Å². The first-order valence-electron chi connectivity index (χ1n) is 5.43. The lowest BCUT2D eigenvalue weighted by atomic mass is 10.1. The Kier molecular flexibility index (Phi) is 5.10. The number of hydrogen-bond donors (Lipinski definition) is 3. The summed E-state index contributed by atoms with van der Waals surface area (Å²) < 4.78 is 0. The Balaban J connectivity index is 2.05. The second-order valence-corrected chi connectivity index (χ2v) is 3.77. The highest BCUT2D eigenvalue weighted by Gasteiger charge is 2.17. The van der Waals surface area contributed by atoms with E-state index in [4.69, 9.17) is 0 Å². The minimum atomic E-state index is -0.0470. The van der Waals surface area contributed by atoms with E-state index in [2.05, 4.69) is 16.0 Å². The molecule has 2 amide bonds. The number of rotatable bonds is 5. The molecule has 1 rings (SSSR count). The molecule has 0 aromatic rings. The standard InChI is InChI=1S/C10H19N3O2/c1-11-9(14)4-6-13-10(15)7-8-3-2-5-12-8/h8,12H,2-7H2,1H3,(H,11,14)(H,13,15). The molecule has 0 bridgehead atoms. The van der Waals surface area contributed by atoms with E-state index in [0.29, 0.717) is 25.4 Å². The van der Waals surface area contributed by atoms with E-state index in [0.717, 1.165) is 19.4 Å². The average molecular weight is 213 g/mol. The van der Waals surface area contributed by atoms with E-state index in [1.807, 2.05) is 0 Å². The topological polar surface area (TPSA) is 70.2 Å². The lowest BCUT2D eigenvalue weighted by Crippen LogP contribution is -2.33. The summed E-state index contributed by atoms with van der Waals surface area (Å²) in [4.78, 5) is 22.2. The zero-order valence-corrected chi connectivity index (χ0v) is 9.14. The molecule has 1 aliphatic rings. The first-order valence-corrected chi connectivity index (χ1v) is 5.43. The molecule has 1 heterocycles. The Hall–Kier alpha value is -1.10. The van der Waals surface area contributed by atoms with Crippen molar-refractivity contribution in [1.82, 2.24) is 16.0 Å². The SMILES string of the molecule is CNC(=O)CCNC(=O)CC1CCCN1. The molecule has 0 radical (unpaired) electrons. The normalized spacial score (nSPS) is 19.9. The summed E-state index contributed by atoms with van der Waals surface area (Å²) in [7, 11) is 1.59. The number of amides is 2. The highest BCUT2D eigenvalue weighted by Crippen LogP contribution is 2.07. The maximum atomic E-state index is 11.4. The Labute approximate surface area is 90.0 Å². The third kappa shape index (κ3) is 4.78. The number of hydrogen-bond acceptors (Lipinski definition) is 3. The van der Waals surface area contributed by atoms with Gasteiger partial charge in [0.05, 0.1) is 0 Å². The molecule has 1 fully saturated rings. The second-order valence-electron chi connectivity index (χ2n) is 3.77. The van der Waals surface area contributed by atoms with E-state index < -0.39 is 0 Å². The van der Waals surface area contributed by atoms with Gasteiger partial charge in [0.1, 0.15) is 0 Å². The molecule has 5 heteroatoms. The van der Waals surface area contributed by atoms with Gasteiger partial charge in [0.2, 0.25) is 11.8 Å². The molecule has 5 nitrogen and oxygen atoms in total. The Morgan fingerprint density at radius 2 is 2.20 bits per heavy atom. The van der Waals surface area contributed by atoms with Crippen LogP contribution >= 0.6 is 0 Å². The highest BCUT2D eigenvalue weighted by atomic mass is 16.2. The Bertz CT molecular complexity index is 225. The minimum Gasteiger partial charge on any atom is -0.359 e. The molecule has 0 aromatic heterocycles. The molecule has 86 valence electrons. The van der Waals surface area contributed by atoms with Crippen LogP contribution in [0.2, 0.25) is 0 Å². The molecule has 1 atom stereocenters. The highest BCUT2D eigenvalue weighted by molar-refractivity contribution is 5.79. The Morgan fingerprint density at radius 1 is 1.40 bits per heavy atom. The van der Waals surface area contributed by atoms with E-state index >= 15 is 0 Å². The summed E-state index contributed by atoms with van der Waals surface area (Å²) in [6.07, 6.45) is 3.09.